The Labute approximate surface area is 249 Å². The van der Waals surface area contributed by atoms with Gasteiger partial charge < -0.3 is 36.4 Å². The van der Waals surface area contributed by atoms with Crippen molar-refractivity contribution in [2.75, 3.05) is 39.6 Å². The highest BCUT2D eigenvalue weighted by Crippen LogP contribution is 2.53. The van der Waals surface area contributed by atoms with Gasteiger partial charge in [-0.05, 0) is 63.0 Å². The molecule has 43 heavy (non-hydrogen) atoms. The Bertz CT molecular complexity index is 1560. The van der Waals surface area contributed by atoms with Crippen LogP contribution in [-0.4, -0.2) is 89.2 Å². The van der Waals surface area contributed by atoms with Gasteiger partial charge in [0.25, 0.3) is 5.91 Å². The summed E-state index contributed by atoms with van der Waals surface area (Å²) in [4.78, 5) is 43.2. The van der Waals surface area contributed by atoms with Crippen LogP contribution in [0.1, 0.15) is 33.5 Å². The third kappa shape index (κ3) is 4.77. The molecule has 0 radical (unpaired) electrons. The van der Waals surface area contributed by atoms with Crippen LogP contribution in [0.5, 0.6) is 5.75 Å². The summed E-state index contributed by atoms with van der Waals surface area (Å²) in [5.41, 5.74) is 4.72. The number of nitrogens with one attached hydrogen (secondary N) is 1. The lowest BCUT2D eigenvalue weighted by atomic mass is 9.58. The number of benzene rings is 2. The average molecular weight is 591 g/mol. The molecule has 2 aromatic carbocycles. The van der Waals surface area contributed by atoms with E-state index in [9.17, 15) is 34.8 Å². The summed E-state index contributed by atoms with van der Waals surface area (Å²) in [5, 5.41) is 49.0. The largest absolute Gasteiger partial charge is 0.510 e. The number of phenolic OH excluding ortho intramolecular Hbond substituents is 1. The molecule has 0 heterocycles. The molecule has 228 valence electrons. The number of fused-ring (bicyclic) bond motifs is 3. The first-order valence-corrected chi connectivity index (χ1v) is 14.2. The maximum absolute atomic E-state index is 14.1. The highest BCUT2D eigenvalue weighted by molar-refractivity contribution is 6.25. The Morgan fingerprint density at radius 1 is 1.09 bits per heavy atom. The van der Waals surface area contributed by atoms with E-state index in [1.807, 2.05) is 55.4 Å². The van der Waals surface area contributed by atoms with Crippen LogP contribution in [0.2, 0.25) is 0 Å². The number of amides is 1. The molecule has 4 atom stereocenters. The Kier molecular flexibility index (Phi) is 7.84. The number of rotatable bonds is 8. The van der Waals surface area contributed by atoms with Crippen LogP contribution in [0.25, 0.3) is 0 Å². The van der Waals surface area contributed by atoms with Gasteiger partial charge in [0.05, 0.1) is 11.6 Å². The smallest absolute Gasteiger partial charge is 0.255 e. The molecule has 0 bridgehead atoms. The highest BCUT2D eigenvalue weighted by atomic mass is 16.3. The molecule has 0 aromatic heterocycles. The third-order valence-corrected chi connectivity index (χ3v) is 9.01. The number of nitrogens with two attached hydrogens (primary N) is 1. The van der Waals surface area contributed by atoms with Crippen molar-refractivity contribution in [2.24, 2.45) is 17.6 Å². The molecule has 1 unspecified atom stereocenters. The number of phenols is 1. The zero-order valence-electron chi connectivity index (χ0n) is 24.7. The molecule has 11 heteroatoms. The van der Waals surface area contributed by atoms with Gasteiger partial charge in [0.2, 0.25) is 5.78 Å². The van der Waals surface area contributed by atoms with Gasteiger partial charge in [-0.1, -0.05) is 30.3 Å². The van der Waals surface area contributed by atoms with Crippen LogP contribution >= 0.6 is 0 Å². The number of primary amides is 1. The van der Waals surface area contributed by atoms with Gasteiger partial charge in [0.1, 0.15) is 22.8 Å². The Hall–Kier alpha value is -4.19. The minimum absolute atomic E-state index is 0.00633. The molecule has 0 fully saturated rings. The molecule has 3 aliphatic rings. The minimum atomic E-state index is -2.67. The number of aromatic hydroxyl groups is 1. The van der Waals surface area contributed by atoms with Crippen molar-refractivity contribution < 1.29 is 34.8 Å². The van der Waals surface area contributed by atoms with E-state index in [0.29, 0.717) is 17.7 Å². The molecule has 0 aliphatic heterocycles. The molecule has 0 saturated heterocycles. The summed E-state index contributed by atoms with van der Waals surface area (Å²) in [5.74, 6) is -6.59. The van der Waals surface area contributed by atoms with Gasteiger partial charge >= 0.3 is 0 Å². The zero-order valence-corrected chi connectivity index (χ0v) is 24.7. The third-order valence-electron chi connectivity index (χ3n) is 9.01. The molecule has 11 nitrogen and oxygen atoms in total. The number of ketones is 2. The average Bonchev–Trinajstić information content (AvgIpc) is 2.94. The van der Waals surface area contributed by atoms with Crippen molar-refractivity contribution in [2.45, 2.75) is 37.5 Å². The Balaban J connectivity index is 1.56. The second-order valence-corrected chi connectivity index (χ2v) is 12.0. The first-order chi connectivity index (χ1) is 20.3. The van der Waals surface area contributed by atoms with Gasteiger partial charge in [-0.15, -0.1) is 0 Å². The summed E-state index contributed by atoms with van der Waals surface area (Å²) >= 11 is 0. The fourth-order valence-corrected chi connectivity index (χ4v) is 6.99. The number of carbonyl (C=O) groups is 3. The number of nitrogens with zero attached hydrogens (tertiary/aromatic N) is 2. The highest BCUT2D eigenvalue weighted by Gasteiger charge is 2.63. The molecule has 5 rings (SSSR count). The predicted octanol–water partition coefficient (Wildman–Crippen LogP) is 1.52. The summed E-state index contributed by atoms with van der Waals surface area (Å²) in [6, 6.07) is 10.8. The standard InChI is InChI=1S/C32H38N4O7/c1-35(2)21-14-18(15-34-11-10-16-8-6-5-7-9-16)26(37)23-19(21)12-17-13-20-25(36(3)4)28(39)24(31(33)42)30(41)32(20,43)29(40)22(17)27(23)38/h5-9,14,17,20,25,34,37,39-40,43H,10-13,15H2,1-4H3,(H2,33,42)/t17-,20-,25?,32-/m1/s1. The maximum Gasteiger partial charge on any atom is 0.255 e. The second kappa shape index (κ2) is 11.1. The van der Waals surface area contributed by atoms with Gasteiger partial charge in [0.15, 0.2) is 11.4 Å². The van der Waals surface area contributed by atoms with E-state index < -0.39 is 58.0 Å². The number of hydrogen-bond acceptors (Lipinski definition) is 10. The fraction of sp³-hybridized carbons (Fsp3) is 0.406. The van der Waals surface area contributed by atoms with Crippen molar-refractivity contribution >= 4 is 23.2 Å². The summed E-state index contributed by atoms with van der Waals surface area (Å²) in [6.07, 6.45) is 1.05. The minimum Gasteiger partial charge on any atom is -0.510 e. The van der Waals surface area contributed by atoms with Crippen LogP contribution in [0.4, 0.5) is 5.69 Å². The van der Waals surface area contributed by atoms with E-state index in [0.717, 1.165) is 17.7 Å². The molecule has 2 aromatic rings. The number of anilines is 1. The normalized spacial score (nSPS) is 25.0. The van der Waals surface area contributed by atoms with Crippen molar-refractivity contribution in [3.05, 3.63) is 81.3 Å². The SMILES string of the molecule is CN(C)c1cc(CNCCc2ccccc2)c(O)c2c1C[C@@H]1C[C@@H]3C(N(C)C)C(O)=C(C(N)=O)C(=O)[C@]3(O)C(O)=C1C2=O. The van der Waals surface area contributed by atoms with Crippen molar-refractivity contribution in [1.29, 1.82) is 0 Å². The molecular weight excluding hydrogens is 552 g/mol. The van der Waals surface area contributed by atoms with E-state index in [2.05, 4.69) is 5.32 Å². The van der Waals surface area contributed by atoms with Crippen LogP contribution in [0.3, 0.4) is 0 Å². The van der Waals surface area contributed by atoms with E-state index in [4.69, 9.17) is 5.73 Å². The van der Waals surface area contributed by atoms with Crippen molar-refractivity contribution in [3.63, 3.8) is 0 Å². The number of hydrogen-bond donors (Lipinski definition) is 6. The molecule has 7 N–H and O–H groups in total. The van der Waals surface area contributed by atoms with Crippen molar-refractivity contribution in [3.8, 4) is 5.75 Å². The van der Waals surface area contributed by atoms with Crippen LogP contribution < -0.4 is 16.0 Å². The van der Waals surface area contributed by atoms with Gasteiger partial charge in [-0.2, -0.15) is 0 Å². The molecule has 0 spiro atoms. The van der Waals surface area contributed by atoms with Gasteiger partial charge in [-0.25, -0.2) is 0 Å². The van der Waals surface area contributed by atoms with Crippen LogP contribution in [-0.2, 0) is 29.0 Å². The van der Waals surface area contributed by atoms with E-state index in [-0.39, 0.29) is 36.3 Å². The number of aliphatic hydroxyl groups excluding tert-OH is 2. The lowest BCUT2D eigenvalue weighted by Gasteiger charge is -2.50. The first-order valence-electron chi connectivity index (χ1n) is 14.2. The lowest BCUT2D eigenvalue weighted by Crippen LogP contribution is -2.63. The maximum atomic E-state index is 14.1. The molecule has 0 saturated carbocycles. The van der Waals surface area contributed by atoms with Crippen molar-refractivity contribution in [1.82, 2.24) is 10.2 Å². The zero-order chi connectivity index (χ0) is 31.4. The number of carbonyl (C=O) groups excluding carboxylic acids is 3. The van der Waals surface area contributed by atoms with E-state index in [1.165, 1.54) is 4.90 Å². The quantitative estimate of drug-likeness (QED) is 0.195. The second-order valence-electron chi connectivity index (χ2n) is 12.0. The van der Waals surface area contributed by atoms with E-state index in [1.54, 1.807) is 14.1 Å². The Morgan fingerprint density at radius 2 is 1.77 bits per heavy atom. The predicted molar refractivity (Wildman–Crippen MR) is 160 cm³/mol. The van der Waals surface area contributed by atoms with Crippen LogP contribution in [0.15, 0.2) is 59.1 Å². The lowest BCUT2D eigenvalue weighted by molar-refractivity contribution is -0.148. The first kappa shape index (κ1) is 30.3. The Morgan fingerprint density at radius 3 is 2.37 bits per heavy atom. The van der Waals surface area contributed by atoms with Gasteiger partial charge in [-0.3, -0.25) is 19.3 Å². The number of Topliss-reactive ketones (excluding diaryl/α,β-unsaturated/α-hetero) is 2. The van der Waals surface area contributed by atoms with Crippen LogP contribution in [0, 0.1) is 11.8 Å². The number of aliphatic hydroxyl groups is 3. The fourth-order valence-electron chi connectivity index (χ4n) is 6.99. The topological polar surface area (TPSA) is 177 Å². The monoisotopic (exact) mass is 590 g/mol. The number of allylic oxidation sites excluding steroid dienone is 1. The summed E-state index contributed by atoms with van der Waals surface area (Å²) in [7, 11) is 6.88. The number of likely N-dealkylation sites (N-methyl/N-ethyl adjacent to an activating group) is 1. The molecule has 1 amide bonds. The summed E-state index contributed by atoms with van der Waals surface area (Å²) < 4.78 is 0. The molecule has 3 aliphatic carbocycles. The molecular formula is C32H38N4O7. The van der Waals surface area contributed by atoms with E-state index >= 15 is 0 Å². The van der Waals surface area contributed by atoms with Gasteiger partial charge in [0, 0.05) is 43.4 Å². The summed E-state index contributed by atoms with van der Waals surface area (Å²) in [6.45, 7) is 0.904.